The molecule has 0 fully saturated rings. The monoisotopic (exact) mass is 262 g/mol. The number of carboxylic acid groups (broad SMARTS) is 1. The molecule has 1 aliphatic heterocycles. The third-order valence-corrected chi connectivity index (χ3v) is 3.62. The number of fused-ring (bicyclic) bond motifs is 1. The predicted octanol–water partition coefficient (Wildman–Crippen LogP) is 0.632. The van der Waals surface area contributed by atoms with Crippen molar-refractivity contribution in [2.24, 2.45) is 0 Å². The molecule has 0 bridgehead atoms. The van der Waals surface area contributed by atoms with Crippen LogP contribution >= 0.6 is 0 Å². The second-order valence-corrected chi connectivity index (χ2v) is 4.80. The van der Waals surface area contributed by atoms with Crippen molar-refractivity contribution in [1.82, 2.24) is 10.2 Å². The maximum absolute atomic E-state index is 12.3. The van der Waals surface area contributed by atoms with Crippen molar-refractivity contribution in [3.63, 3.8) is 0 Å². The van der Waals surface area contributed by atoms with Gasteiger partial charge in [0, 0.05) is 13.0 Å². The van der Waals surface area contributed by atoms with Crippen molar-refractivity contribution in [1.29, 1.82) is 0 Å². The molecule has 0 radical (unpaired) electrons. The summed E-state index contributed by atoms with van der Waals surface area (Å²) < 4.78 is 0. The van der Waals surface area contributed by atoms with E-state index in [1.165, 1.54) is 4.90 Å². The number of carbonyl (C=O) groups is 2. The standard InChI is InChI=1S/C14H18N2O3/c1-9(15-2)13(17)16-8-11-6-4-3-5-10(11)7-12(16)14(18)19/h3-6,9,12,15H,7-8H2,1-2H3,(H,18,19)/t9?,12-/m0/s1. The number of nitrogens with one attached hydrogen (secondary N) is 1. The predicted molar refractivity (Wildman–Crippen MR) is 70.6 cm³/mol. The molecule has 2 atom stereocenters. The number of benzene rings is 1. The molecule has 0 aromatic heterocycles. The van der Waals surface area contributed by atoms with Crippen molar-refractivity contribution in [3.8, 4) is 0 Å². The number of aliphatic carboxylic acids is 1. The van der Waals surface area contributed by atoms with E-state index in [0.29, 0.717) is 13.0 Å². The summed E-state index contributed by atoms with van der Waals surface area (Å²) in [5.41, 5.74) is 2.03. The maximum atomic E-state index is 12.3. The molecule has 1 aromatic carbocycles. The Kier molecular flexibility index (Phi) is 3.85. The van der Waals surface area contributed by atoms with E-state index in [1.54, 1.807) is 14.0 Å². The molecule has 0 aliphatic carbocycles. The van der Waals surface area contributed by atoms with Crippen molar-refractivity contribution in [3.05, 3.63) is 35.4 Å². The first-order valence-corrected chi connectivity index (χ1v) is 6.32. The van der Waals surface area contributed by atoms with Crippen molar-refractivity contribution >= 4 is 11.9 Å². The lowest BCUT2D eigenvalue weighted by Gasteiger charge is -2.35. The Morgan fingerprint density at radius 3 is 2.58 bits per heavy atom. The van der Waals surface area contributed by atoms with E-state index in [4.69, 9.17) is 0 Å². The molecule has 1 heterocycles. The smallest absolute Gasteiger partial charge is 0.326 e. The lowest BCUT2D eigenvalue weighted by Crippen LogP contribution is -2.53. The molecule has 1 amide bonds. The minimum absolute atomic E-state index is 0.176. The third kappa shape index (κ3) is 2.61. The van der Waals surface area contributed by atoms with Gasteiger partial charge in [-0.15, -0.1) is 0 Å². The number of hydrogen-bond acceptors (Lipinski definition) is 3. The second-order valence-electron chi connectivity index (χ2n) is 4.80. The number of carboxylic acids is 1. The Morgan fingerprint density at radius 2 is 2.00 bits per heavy atom. The van der Waals surface area contributed by atoms with Gasteiger partial charge in [-0.05, 0) is 25.1 Å². The van der Waals surface area contributed by atoms with Gasteiger partial charge in [0.15, 0.2) is 0 Å². The van der Waals surface area contributed by atoms with E-state index in [-0.39, 0.29) is 11.9 Å². The fourth-order valence-electron chi connectivity index (χ4n) is 2.35. The number of amides is 1. The molecular weight excluding hydrogens is 244 g/mol. The lowest BCUT2D eigenvalue weighted by molar-refractivity contribution is -0.152. The molecule has 0 saturated carbocycles. The van der Waals surface area contributed by atoms with Crippen molar-refractivity contribution in [2.45, 2.75) is 32.0 Å². The molecule has 1 aromatic rings. The van der Waals surface area contributed by atoms with Gasteiger partial charge in [-0.1, -0.05) is 24.3 Å². The summed E-state index contributed by atoms with van der Waals surface area (Å²) in [7, 11) is 1.69. The van der Waals surface area contributed by atoms with Gasteiger partial charge in [0.25, 0.3) is 0 Å². The minimum Gasteiger partial charge on any atom is -0.480 e. The van der Waals surface area contributed by atoms with Crippen LogP contribution in [0.4, 0.5) is 0 Å². The van der Waals surface area contributed by atoms with E-state index in [9.17, 15) is 14.7 Å². The molecular formula is C14H18N2O3. The Bertz CT molecular complexity index is 501. The number of hydrogen-bond donors (Lipinski definition) is 2. The SMILES string of the molecule is CNC(C)C(=O)N1Cc2ccccc2C[C@H]1C(=O)O. The third-order valence-electron chi connectivity index (χ3n) is 3.62. The number of nitrogens with zero attached hydrogens (tertiary/aromatic N) is 1. The van der Waals surface area contributed by atoms with Crippen LogP contribution in [0.1, 0.15) is 18.1 Å². The molecule has 0 saturated heterocycles. The van der Waals surface area contributed by atoms with Gasteiger partial charge in [0.1, 0.15) is 6.04 Å². The van der Waals surface area contributed by atoms with E-state index in [0.717, 1.165) is 11.1 Å². The van der Waals surface area contributed by atoms with Gasteiger partial charge in [-0.25, -0.2) is 4.79 Å². The summed E-state index contributed by atoms with van der Waals surface area (Å²) in [6.07, 6.45) is 0.369. The molecule has 102 valence electrons. The largest absolute Gasteiger partial charge is 0.480 e. The van der Waals surface area contributed by atoms with Gasteiger partial charge in [-0.2, -0.15) is 0 Å². The Balaban J connectivity index is 2.31. The summed E-state index contributed by atoms with van der Waals surface area (Å²) >= 11 is 0. The first-order valence-electron chi connectivity index (χ1n) is 6.32. The summed E-state index contributed by atoms with van der Waals surface area (Å²) in [5, 5.41) is 12.2. The minimum atomic E-state index is -0.953. The zero-order valence-corrected chi connectivity index (χ0v) is 11.1. The Hall–Kier alpha value is -1.88. The van der Waals surface area contributed by atoms with Crippen LogP contribution in [0.15, 0.2) is 24.3 Å². The quantitative estimate of drug-likeness (QED) is 0.838. The van der Waals surface area contributed by atoms with Crippen molar-refractivity contribution < 1.29 is 14.7 Å². The normalized spacial score (nSPS) is 19.7. The molecule has 2 N–H and O–H groups in total. The molecule has 19 heavy (non-hydrogen) atoms. The van der Waals surface area contributed by atoms with Gasteiger partial charge >= 0.3 is 5.97 Å². The molecule has 5 nitrogen and oxygen atoms in total. The molecule has 0 spiro atoms. The van der Waals surface area contributed by atoms with Crippen LogP contribution in [-0.2, 0) is 22.6 Å². The summed E-state index contributed by atoms with van der Waals surface area (Å²) in [5.74, 6) is -1.13. The van der Waals surface area contributed by atoms with Crippen LogP contribution in [0.5, 0.6) is 0 Å². The zero-order chi connectivity index (χ0) is 14.0. The average Bonchev–Trinajstić information content (AvgIpc) is 2.44. The van der Waals surface area contributed by atoms with Gasteiger partial charge in [0.2, 0.25) is 5.91 Å². The van der Waals surface area contributed by atoms with Crippen LogP contribution in [0.3, 0.4) is 0 Å². The summed E-state index contributed by atoms with van der Waals surface area (Å²) in [6, 6.07) is 6.51. The first kappa shape index (κ1) is 13.5. The lowest BCUT2D eigenvalue weighted by atomic mass is 9.93. The molecule has 1 aliphatic rings. The Morgan fingerprint density at radius 1 is 1.37 bits per heavy atom. The number of likely N-dealkylation sites (N-methyl/N-ethyl adjacent to an activating group) is 1. The van der Waals surface area contributed by atoms with Gasteiger partial charge in [-0.3, -0.25) is 4.79 Å². The summed E-state index contributed by atoms with van der Waals surface area (Å²) in [6.45, 7) is 2.10. The molecule has 5 heteroatoms. The average molecular weight is 262 g/mol. The number of rotatable bonds is 3. The fourth-order valence-corrected chi connectivity index (χ4v) is 2.35. The molecule has 1 unspecified atom stereocenters. The van der Waals surface area contributed by atoms with Crippen LogP contribution in [-0.4, -0.2) is 41.0 Å². The first-order chi connectivity index (χ1) is 9.04. The second kappa shape index (κ2) is 5.40. The summed E-state index contributed by atoms with van der Waals surface area (Å²) in [4.78, 5) is 25.1. The van der Waals surface area contributed by atoms with E-state index in [1.807, 2.05) is 24.3 Å². The van der Waals surface area contributed by atoms with Crippen LogP contribution in [0.2, 0.25) is 0 Å². The van der Waals surface area contributed by atoms with Crippen LogP contribution < -0.4 is 5.32 Å². The highest BCUT2D eigenvalue weighted by Gasteiger charge is 2.35. The Labute approximate surface area is 112 Å². The van der Waals surface area contributed by atoms with Crippen LogP contribution in [0.25, 0.3) is 0 Å². The maximum Gasteiger partial charge on any atom is 0.326 e. The topological polar surface area (TPSA) is 69.6 Å². The van der Waals surface area contributed by atoms with E-state index >= 15 is 0 Å². The fraction of sp³-hybridized carbons (Fsp3) is 0.429. The van der Waals surface area contributed by atoms with Crippen molar-refractivity contribution in [2.75, 3.05) is 7.05 Å². The number of carbonyl (C=O) groups excluding carboxylic acids is 1. The van der Waals surface area contributed by atoms with E-state index < -0.39 is 12.0 Å². The van der Waals surface area contributed by atoms with Crippen LogP contribution in [0, 0.1) is 0 Å². The highest BCUT2D eigenvalue weighted by Crippen LogP contribution is 2.24. The zero-order valence-electron chi connectivity index (χ0n) is 11.1. The van der Waals surface area contributed by atoms with E-state index in [2.05, 4.69) is 5.32 Å². The molecule has 2 rings (SSSR count). The highest BCUT2D eigenvalue weighted by molar-refractivity contribution is 5.87. The van der Waals surface area contributed by atoms with Gasteiger partial charge in [0.05, 0.1) is 6.04 Å². The highest BCUT2D eigenvalue weighted by atomic mass is 16.4. The van der Waals surface area contributed by atoms with Gasteiger partial charge < -0.3 is 15.3 Å².